The summed E-state index contributed by atoms with van der Waals surface area (Å²) >= 11 is 0. The van der Waals surface area contributed by atoms with Crippen LogP contribution in [0.3, 0.4) is 0 Å². The topological polar surface area (TPSA) is 70.6 Å². The maximum Gasteiger partial charge on any atom is 0.416 e. The van der Waals surface area contributed by atoms with E-state index in [4.69, 9.17) is 0 Å². The van der Waals surface area contributed by atoms with E-state index >= 15 is 0 Å². The van der Waals surface area contributed by atoms with E-state index in [1.165, 1.54) is 18.4 Å². The number of benzene rings is 1. The predicted octanol–water partition coefficient (Wildman–Crippen LogP) is 3.34. The van der Waals surface area contributed by atoms with Crippen LogP contribution in [0.25, 0.3) is 0 Å². The summed E-state index contributed by atoms with van der Waals surface area (Å²) in [5.41, 5.74) is -0.289. The molecule has 10 heteroatoms. The minimum atomic E-state index is -4.36. The van der Waals surface area contributed by atoms with E-state index in [1.807, 2.05) is 6.92 Å². The second-order valence-corrected chi connectivity index (χ2v) is 9.51. The van der Waals surface area contributed by atoms with Gasteiger partial charge in [-0.25, -0.2) is 8.42 Å². The first-order valence-electron chi connectivity index (χ1n) is 8.78. The van der Waals surface area contributed by atoms with E-state index in [9.17, 15) is 21.6 Å². The predicted molar refractivity (Wildman–Crippen MR) is 116 cm³/mol. The molecule has 0 aliphatic heterocycles. The van der Waals surface area contributed by atoms with Crippen LogP contribution in [0.15, 0.2) is 29.3 Å². The molecule has 1 aliphatic rings. The molecule has 0 spiro atoms. The molecule has 1 atom stereocenters. The highest BCUT2D eigenvalue weighted by molar-refractivity contribution is 14.0. The van der Waals surface area contributed by atoms with E-state index in [0.29, 0.717) is 24.5 Å². The van der Waals surface area contributed by atoms with Crippen molar-refractivity contribution < 1.29 is 21.6 Å². The number of aliphatic imine (C=N–C) groups is 1. The highest BCUT2D eigenvalue weighted by Gasteiger charge is 2.45. The molecule has 28 heavy (non-hydrogen) atoms. The first-order valence-corrected chi connectivity index (χ1v) is 10.8. The molecule has 1 unspecified atom stereocenters. The average molecular weight is 533 g/mol. The molecule has 0 bridgehead atoms. The largest absolute Gasteiger partial charge is 0.416 e. The van der Waals surface area contributed by atoms with Gasteiger partial charge in [-0.1, -0.05) is 18.2 Å². The number of hydrogen-bond acceptors (Lipinski definition) is 3. The monoisotopic (exact) mass is 533 g/mol. The van der Waals surface area contributed by atoms with Gasteiger partial charge in [0.1, 0.15) is 9.84 Å². The highest BCUT2D eigenvalue weighted by atomic mass is 127. The van der Waals surface area contributed by atoms with Crippen LogP contribution in [0.5, 0.6) is 0 Å². The minimum Gasteiger partial charge on any atom is -0.356 e. The number of nitrogens with zero attached hydrogens (tertiary/aromatic N) is 1. The lowest BCUT2D eigenvalue weighted by Crippen LogP contribution is -2.45. The lowest BCUT2D eigenvalue weighted by molar-refractivity contribution is -0.137. The van der Waals surface area contributed by atoms with E-state index in [0.717, 1.165) is 18.9 Å². The number of sulfone groups is 1. The fourth-order valence-electron chi connectivity index (χ4n) is 2.89. The maximum atomic E-state index is 13.0. The number of guanidine groups is 1. The molecule has 0 aromatic heterocycles. The standard InChI is InChI=1S/C18H26F3N3O2S.HI/c1-13(7-10-27(3,25)26)24-16(22-2)23-12-17(8-9-17)14-5-4-6-15(11-14)18(19,20)21;/h4-6,11,13H,7-10,12H2,1-3H3,(H2,22,23,24);1H. The molecule has 0 amide bonds. The molecule has 5 nitrogen and oxygen atoms in total. The van der Waals surface area contributed by atoms with E-state index in [2.05, 4.69) is 15.6 Å². The second kappa shape index (κ2) is 9.64. The van der Waals surface area contributed by atoms with Crippen LogP contribution in [0.4, 0.5) is 13.2 Å². The molecule has 1 aromatic carbocycles. The quantitative estimate of drug-likeness (QED) is 0.321. The second-order valence-electron chi connectivity index (χ2n) is 7.25. The SMILES string of the molecule is CN=C(NCC1(c2cccc(C(F)(F)F)c2)CC1)NC(C)CCS(C)(=O)=O.I. The van der Waals surface area contributed by atoms with Gasteiger partial charge in [0.25, 0.3) is 0 Å². The molecular formula is C18H27F3IN3O2S. The van der Waals surface area contributed by atoms with Gasteiger partial charge in [0, 0.05) is 31.3 Å². The molecule has 2 N–H and O–H groups in total. The Morgan fingerprint density at radius 2 is 1.96 bits per heavy atom. The molecule has 1 fully saturated rings. The fourth-order valence-corrected chi connectivity index (χ4v) is 3.67. The molecule has 0 radical (unpaired) electrons. The third-order valence-corrected chi connectivity index (χ3v) is 5.76. The number of halogens is 4. The van der Waals surface area contributed by atoms with Crippen molar-refractivity contribution in [2.45, 2.75) is 43.8 Å². The van der Waals surface area contributed by atoms with Gasteiger partial charge in [-0.15, -0.1) is 24.0 Å². The van der Waals surface area contributed by atoms with Crippen molar-refractivity contribution in [2.24, 2.45) is 4.99 Å². The van der Waals surface area contributed by atoms with Gasteiger partial charge in [-0.05, 0) is 37.8 Å². The van der Waals surface area contributed by atoms with E-state index in [-0.39, 0.29) is 41.2 Å². The highest BCUT2D eigenvalue weighted by Crippen LogP contribution is 2.48. The summed E-state index contributed by atoms with van der Waals surface area (Å²) in [5.74, 6) is 0.584. The zero-order valence-electron chi connectivity index (χ0n) is 16.1. The summed E-state index contributed by atoms with van der Waals surface area (Å²) in [5, 5.41) is 6.29. The van der Waals surface area contributed by atoms with Crippen LogP contribution >= 0.6 is 24.0 Å². The smallest absolute Gasteiger partial charge is 0.356 e. The Morgan fingerprint density at radius 1 is 1.32 bits per heavy atom. The molecule has 1 aliphatic carbocycles. The van der Waals surface area contributed by atoms with Crippen LogP contribution in [-0.4, -0.2) is 46.0 Å². The molecule has 0 heterocycles. The molecular weight excluding hydrogens is 506 g/mol. The molecule has 0 saturated heterocycles. The Morgan fingerprint density at radius 3 is 2.46 bits per heavy atom. The van der Waals surface area contributed by atoms with Gasteiger partial charge >= 0.3 is 6.18 Å². The van der Waals surface area contributed by atoms with Crippen molar-refractivity contribution in [3.63, 3.8) is 0 Å². The van der Waals surface area contributed by atoms with Gasteiger partial charge < -0.3 is 10.6 Å². The van der Waals surface area contributed by atoms with E-state index in [1.54, 1.807) is 13.1 Å². The van der Waals surface area contributed by atoms with Gasteiger partial charge in [-0.3, -0.25) is 4.99 Å². The van der Waals surface area contributed by atoms with Gasteiger partial charge in [0.05, 0.1) is 11.3 Å². The number of alkyl halides is 3. The molecule has 1 aromatic rings. The van der Waals surface area contributed by atoms with Crippen LogP contribution in [0.2, 0.25) is 0 Å². The van der Waals surface area contributed by atoms with Crippen molar-refractivity contribution in [3.8, 4) is 0 Å². The zero-order valence-corrected chi connectivity index (χ0v) is 19.3. The summed E-state index contributed by atoms with van der Waals surface area (Å²) in [6.45, 7) is 2.32. The Labute approximate surface area is 181 Å². The summed E-state index contributed by atoms with van der Waals surface area (Å²) in [6.07, 6.45) is -1.10. The Balaban J connectivity index is 0.00000392. The Kier molecular flexibility index (Phi) is 8.61. The molecule has 2 rings (SSSR count). The number of nitrogens with one attached hydrogen (secondary N) is 2. The van der Waals surface area contributed by atoms with Crippen LogP contribution < -0.4 is 10.6 Å². The molecule has 1 saturated carbocycles. The third kappa shape index (κ3) is 7.41. The van der Waals surface area contributed by atoms with Crippen molar-refractivity contribution in [1.29, 1.82) is 0 Å². The van der Waals surface area contributed by atoms with Gasteiger partial charge in [-0.2, -0.15) is 13.2 Å². The summed E-state index contributed by atoms with van der Waals surface area (Å²) in [4.78, 5) is 4.12. The third-order valence-electron chi connectivity index (χ3n) is 4.78. The number of rotatable bonds is 7. The normalized spacial score (nSPS) is 17.4. The summed E-state index contributed by atoms with van der Waals surface area (Å²) in [6, 6.07) is 5.37. The van der Waals surface area contributed by atoms with Crippen molar-refractivity contribution >= 4 is 39.8 Å². The zero-order chi connectivity index (χ0) is 20.3. The first-order chi connectivity index (χ1) is 12.5. The average Bonchev–Trinajstić information content (AvgIpc) is 3.37. The van der Waals surface area contributed by atoms with Gasteiger partial charge in [0.2, 0.25) is 0 Å². The minimum absolute atomic E-state index is 0. The molecule has 160 valence electrons. The lowest BCUT2D eigenvalue weighted by atomic mass is 9.94. The summed E-state index contributed by atoms with van der Waals surface area (Å²) < 4.78 is 61.4. The van der Waals surface area contributed by atoms with E-state index < -0.39 is 21.6 Å². The number of hydrogen-bond donors (Lipinski definition) is 2. The van der Waals surface area contributed by atoms with Crippen molar-refractivity contribution in [2.75, 3.05) is 25.6 Å². The Bertz CT molecular complexity index is 794. The van der Waals surface area contributed by atoms with Crippen molar-refractivity contribution in [1.82, 2.24) is 10.6 Å². The maximum absolute atomic E-state index is 13.0. The fraction of sp³-hybridized carbons (Fsp3) is 0.611. The van der Waals surface area contributed by atoms with Gasteiger partial charge in [0.15, 0.2) is 5.96 Å². The Hall–Kier alpha value is -1.04. The van der Waals surface area contributed by atoms with Crippen LogP contribution in [-0.2, 0) is 21.4 Å². The summed E-state index contributed by atoms with van der Waals surface area (Å²) in [7, 11) is -1.43. The van der Waals surface area contributed by atoms with Crippen LogP contribution in [0.1, 0.15) is 37.3 Å². The van der Waals surface area contributed by atoms with Crippen molar-refractivity contribution in [3.05, 3.63) is 35.4 Å². The van der Waals surface area contributed by atoms with Crippen LogP contribution in [0, 0.1) is 0 Å². The first kappa shape index (κ1) is 25.0. The lowest BCUT2D eigenvalue weighted by Gasteiger charge is -2.22.